The number of hydrogen-bond donors (Lipinski definition) is 1. The van der Waals surface area contributed by atoms with Crippen molar-refractivity contribution >= 4 is 33.2 Å². The lowest BCUT2D eigenvalue weighted by molar-refractivity contribution is -0.119. The summed E-state index contributed by atoms with van der Waals surface area (Å²) >= 11 is 5.94. The molecule has 0 aliphatic carbocycles. The lowest BCUT2D eigenvalue weighted by Gasteiger charge is -2.24. The molecule has 0 aliphatic heterocycles. The van der Waals surface area contributed by atoms with E-state index in [0.29, 0.717) is 29.5 Å². The van der Waals surface area contributed by atoms with E-state index in [1.54, 1.807) is 24.3 Å². The van der Waals surface area contributed by atoms with Gasteiger partial charge in [-0.05, 0) is 50.5 Å². The van der Waals surface area contributed by atoms with E-state index in [1.807, 2.05) is 19.0 Å². The molecule has 8 nitrogen and oxygen atoms in total. The van der Waals surface area contributed by atoms with Gasteiger partial charge in [-0.25, -0.2) is 8.42 Å². The number of benzene rings is 2. The van der Waals surface area contributed by atoms with E-state index in [2.05, 4.69) is 5.32 Å². The third-order valence-corrected chi connectivity index (χ3v) is 6.25. The highest BCUT2D eigenvalue weighted by atomic mass is 35.5. The Morgan fingerprint density at radius 2 is 1.67 bits per heavy atom. The molecule has 164 valence electrons. The van der Waals surface area contributed by atoms with E-state index < -0.39 is 15.9 Å². The molecular formula is C20H26ClN3O5S. The van der Waals surface area contributed by atoms with Crippen molar-refractivity contribution in [2.45, 2.75) is 4.90 Å². The number of amides is 1. The summed E-state index contributed by atoms with van der Waals surface area (Å²) in [4.78, 5) is 14.4. The monoisotopic (exact) mass is 455 g/mol. The van der Waals surface area contributed by atoms with Crippen LogP contribution in [-0.4, -0.2) is 67.2 Å². The minimum absolute atomic E-state index is 0.0313. The predicted molar refractivity (Wildman–Crippen MR) is 117 cm³/mol. The van der Waals surface area contributed by atoms with Gasteiger partial charge in [0.2, 0.25) is 5.91 Å². The summed E-state index contributed by atoms with van der Waals surface area (Å²) in [5.74, 6) is 0.247. The molecule has 2 aromatic carbocycles. The molecule has 2 rings (SSSR count). The molecule has 0 radical (unpaired) electrons. The van der Waals surface area contributed by atoms with Crippen LogP contribution >= 0.6 is 11.6 Å². The molecular weight excluding hydrogens is 430 g/mol. The molecule has 0 aromatic heterocycles. The summed E-state index contributed by atoms with van der Waals surface area (Å²) in [5.41, 5.74) is 0.317. The zero-order valence-corrected chi connectivity index (χ0v) is 19.0. The van der Waals surface area contributed by atoms with E-state index in [0.717, 1.165) is 4.31 Å². The average molecular weight is 456 g/mol. The van der Waals surface area contributed by atoms with Gasteiger partial charge < -0.3 is 19.7 Å². The maximum atomic E-state index is 13.4. The Kier molecular flexibility index (Phi) is 8.33. The van der Waals surface area contributed by atoms with Crippen LogP contribution in [0.4, 0.5) is 5.69 Å². The van der Waals surface area contributed by atoms with Gasteiger partial charge in [-0.3, -0.25) is 9.10 Å². The minimum Gasteiger partial charge on any atom is -0.493 e. The average Bonchev–Trinajstić information content (AvgIpc) is 2.71. The quantitative estimate of drug-likeness (QED) is 0.591. The van der Waals surface area contributed by atoms with Gasteiger partial charge in [0.1, 0.15) is 6.54 Å². The number of methoxy groups -OCH3 is 2. The zero-order valence-electron chi connectivity index (χ0n) is 17.4. The van der Waals surface area contributed by atoms with Gasteiger partial charge in [0.15, 0.2) is 11.5 Å². The van der Waals surface area contributed by atoms with Crippen LogP contribution in [0.1, 0.15) is 0 Å². The Balaban J connectivity index is 2.39. The first kappa shape index (κ1) is 23.8. The topological polar surface area (TPSA) is 88.2 Å². The normalized spacial score (nSPS) is 11.3. The van der Waals surface area contributed by atoms with Crippen LogP contribution in [0.2, 0.25) is 5.02 Å². The van der Waals surface area contributed by atoms with Crippen molar-refractivity contribution in [3.05, 3.63) is 47.5 Å². The fraction of sp³-hybridized carbons (Fsp3) is 0.350. The Labute approximate surface area is 182 Å². The highest BCUT2D eigenvalue weighted by molar-refractivity contribution is 7.92. The van der Waals surface area contributed by atoms with E-state index >= 15 is 0 Å². The fourth-order valence-corrected chi connectivity index (χ4v) is 4.19. The molecule has 0 spiro atoms. The number of rotatable bonds is 10. The van der Waals surface area contributed by atoms with Crippen LogP contribution in [0, 0.1) is 0 Å². The number of ether oxygens (including phenoxy) is 2. The zero-order chi connectivity index (χ0) is 22.3. The number of sulfonamides is 1. The van der Waals surface area contributed by atoms with Crippen LogP contribution in [0.25, 0.3) is 0 Å². The molecule has 1 amide bonds. The van der Waals surface area contributed by atoms with Crippen LogP contribution in [0.15, 0.2) is 47.4 Å². The molecule has 0 bridgehead atoms. The highest BCUT2D eigenvalue weighted by Gasteiger charge is 2.28. The maximum absolute atomic E-state index is 13.4. The number of hydrogen-bond acceptors (Lipinski definition) is 6. The van der Waals surface area contributed by atoms with Gasteiger partial charge in [-0.1, -0.05) is 11.6 Å². The molecule has 0 heterocycles. The number of nitrogens with zero attached hydrogens (tertiary/aromatic N) is 2. The first-order valence-electron chi connectivity index (χ1n) is 9.10. The molecule has 1 N–H and O–H groups in total. The molecule has 30 heavy (non-hydrogen) atoms. The number of carbonyl (C=O) groups excluding carboxylic acids is 1. The second-order valence-electron chi connectivity index (χ2n) is 6.66. The van der Waals surface area contributed by atoms with Crippen molar-refractivity contribution < 1.29 is 22.7 Å². The van der Waals surface area contributed by atoms with Gasteiger partial charge in [0, 0.05) is 24.2 Å². The molecule has 0 saturated carbocycles. The fourth-order valence-electron chi connectivity index (χ4n) is 2.63. The van der Waals surface area contributed by atoms with Crippen molar-refractivity contribution in [1.82, 2.24) is 10.2 Å². The summed E-state index contributed by atoms with van der Waals surface area (Å²) in [6.07, 6.45) is 0. The standard InChI is InChI=1S/C20H26ClN3O5S/c1-23(2)12-11-22-20(25)14-24(16-7-5-15(21)6-8-16)30(26,27)17-9-10-18(28-3)19(13-17)29-4/h5-10,13H,11-12,14H2,1-4H3,(H,22,25). The van der Waals surface area contributed by atoms with Crippen molar-refractivity contribution in [2.24, 2.45) is 0 Å². The summed E-state index contributed by atoms with van der Waals surface area (Å²) in [6.45, 7) is 0.650. The molecule has 0 unspecified atom stereocenters. The second kappa shape index (κ2) is 10.5. The van der Waals surface area contributed by atoms with E-state index in [4.69, 9.17) is 21.1 Å². The molecule has 0 saturated heterocycles. The summed E-state index contributed by atoms with van der Waals surface area (Å²) in [5, 5.41) is 3.19. The van der Waals surface area contributed by atoms with Gasteiger partial charge in [-0.2, -0.15) is 0 Å². The van der Waals surface area contributed by atoms with Crippen LogP contribution in [0.3, 0.4) is 0 Å². The van der Waals surface area contributed by atoms with E-state index in [9.17, 15) is 13.2 Å². The van der Waals surface area contributed by atoms with Crippen molar-refractivity contribution in [3.8, 4) is 11.5 Å². The summed E-state index contributed by atoms with van der Waals surface area (Å²) in [7, 11) is 2.57. The maximum Gasteiger partial charge on any atom is 0.264 e. The first-order chi connectivity index (χ1) is 14.2. The predicted octanol–water partition coefficient (Wildman–Crippen LogP) is 2.23. The van der Waals surface area contributed by atoms with E-state index in [-0.39, 0.29) is 17.2 Å². The van der Waals surface area contributed by atoms with Crippen LogP contribution in [0.5, 0.6) is 11.5 Å². The van der Waals surface area contributed by atoms with Gasteiger partial charge in [0.25, 0.3) is 10.0 Å². The molecule has 2 aromatic rings. The van der Waals surface area contributed by atoms with Crippen LogP contribution < -0.4 is 19.1 Å². The molecule has 10 heteroatoms. The summed E-state index contributed by atoms with van der Waals surface area (Å²) < 4.78 is 38.3. The number of likely N-dealkylation sites (N-methyl/N-ethyl adjacent to an activating group) is 1. The first-order valence-corrected chi connectivity index (χ1v) is 10.9. The Morgan fingerprint density at radius 3 is 2.23 bits per heavy atom. The van der Waals surface area contributed by atoms with Gasteiger partial charge >= 0.3 is 0 Å². The number of halogens is 1. The number of anilines is 1. The smallest absolute Gasteiger partial charge is 0.264 e. The minimum atomic E-state index is -4.08. The number of nitrogens with one attached hydrogen (secondary N) is 1. The third-order valence-electron chi connectivity index (χ3n) is 4.23. The van der Waals surface area contributed by atoms with Crippen molar-refractivity contribution in [1.29, 1.82) is 0 Å². The largest absolute Gasteiger partial charge is 0.493 e. The number of carbonyl (C=O) groups is 1. The van der Waals surface area contributed by atoms with Gasteiger partial charge in [0.05, 0.1) is 24.8 Å². The van der Waals surface area contributed by atoms with E-state index in [1.165, 1.54) is 32.4 Å². The second-order valence-corrected chi connectivity index (χ2v) is 8.96. The molecule has 0 aliphatic rings. The lowest BCUT2D eigenvalue weighted by atomic mass is 10.3. The lowest BCUT2D eigenvalue weighted by Crippen LogP contribution is -2.42. The molecule has 0 atom stereocenters. The van der Waals surface area contributed by atoms with Crippen molar-refractivity contribution in [3.63, 3.8) is 0 Å². The Morgan fingerprint density at radius 1 is 1.03 bits per heavy atom. The van der Waals surface area contributed by atoms with Crippen molar-refractivity contribution in [2.75, 3.05) is 52.3 Å². The summed E-state index contributed by atoms with van der Waals surface area (Å²) in [6, 6.07) is 10.5. The Hall–Kier alpha value is -2.49. The Bertz CT molecular complexity index is 965. The highest BCUT2D eigenvalue weighted by Crippen LogP contribution is 2.32. The SMILES string of the molecule is COc1ccc(S(=O)(=O)N(CC(=O)NCCN(C)C)c2ccc(Cl)cc2)cc1OC. The van der Waals surface area contributed by atoms with Gasteiger partial charge in [-0.15, -0.1) is 0 Å². The van der Waals surface area contributed by atoms with Crippen LogP contribution in [-0.2, 0) is 14.8 Å². The third kappa shape index (κ3) is 6.01. The molecule has 0 fully saturated rings.